The van der Waals surface area contributed by atoms with Crippen LogP contribution < -0.4 is 0 Å². The summed E-state index contributed by atoms with van der Waals surface area (Å²) in [5, 5.41) is 0.420. The molecular weight excluding hydrogens is 236 g/mol. The van der Waals surface area contributed by atoms with Gasteiger partial charge in [0, 0.05) is 18.8 Å². The van der Waals surface area contributed by atoms with E-state index in [2.05, 4.69) is 18.8 Å². The van der Waals surface area contributed by atoms with Gasteiger partial charge in [-0.25, -0.2) is 4.98 Å². The summed E-state index contributed by atoms with van der Waals surface area (Å²) in [6.45, 7) is 5.07. The normalized spacial score (nSPS) is 15.1. The lowest BCUT2D eigenvalue weighted by molar-refractivity contribution is 0.0722. The second kappa shape index (κ2) is 5.05. The highest BCUT2D eigenvalue weighted by Crippen LogP contribution is 2.29. The predicted octanol–water partition coefficient (Wildman–Crippen LogP) is 3.00. The highest BCUT2D eigenvalue weighted by molar-refractivity contribution is 6.29. The van der Waals surface area contributed by atoms with Crippen LogP contribution in [0.1, 0.15) is 37.0 Å². The van der Waals surface area contributed by atoms with Gasteiger partial charge in [0.15, 0.2) is 0 Å². The van der Waals surface area contributed by atoms with Crippen molar-refractivity contribution in [2.75, 3.05) is 6.54 Å². The van der Waals surface area contributed by atoms with Crippen molar-refractivity contribution in [1.29, 1.82) is 0 Å². The summed E-state index contributed by atoms with van der Waals surface area (Å²) in [5.41, 5.74) is 0.627. The van der Waals surface area contributed by atoms with E-state index in [0.29, 0.717) is 22.7 Å². The fourth-order valence-electron chi connectivity index (χ4n) is 1.85. The summed E-state index contributed by atoms with van der Waals surface area (Å²) in [6.07, 6.45) is 3.80. The van der Waals surface area contributed by atoms with Crippen LogP contribution in [0, 0.1) is 5.92 Å². The lowest BCUT2D eigenvalue weighted by Crippen LogP contribution is -2.36. The Morgan fingerprint density at radius 3 is 2.71 bits per heavy atom. The molecule has 0 spiro atoms. The quantitative estimate of drug-likeness (QED) is 0.772. The number of hydrogen-bond acceptors (Lipinski definition) is 2. The molecule has 0 N–H and O–H groups in total. The Kier molecular flexibility index (Phi) is 3.67. The van der Waals surface area contributed by atoms with Crippen LogP contribution in [0.3, 0.4) is 0 Å². The zero-order valence-electron chi connectivity index (χ0n) is 10.2. The van der Waals surface area contributed by atoms with E-state index in [9.17, 15) is 4.79 Å². The lowest BCUT2D eigenvalue weighted by Gasteiger charge is -2.24. The molecule has 0 unspecified atom stereocenters. The molecule has 1 aromatic rings. The minimum atomic E-state index is 0.0744. The number of amides is 1. The Bertz CT molecular complexity index is 398. The van der Waals surface area contributed by atoms with Gasteiger partial charge in [-0.15, -0.1) is 0 Å². The number of carbonyl (C=O) groups excluding carboxylic acids is 1. The van der Waals surface area contributed by atoms with Gasteiger partial charge in [-0.05, 0) is 30.9 Å². The Morgan fingerprint density at radius 2 is 2.24 bits per heavy atom. The number of pyridine rings is 1. The summed E-state index contributed by atoms with van der Waals surface area (Å²) in [4.78, 5) is 18.2. The van der Waals surface area contributed by atoms with Crippen molar-refractivity contribution in [2.24, 2.45) is 5.92 Å². The van der Waals surface area contributed by atoms with E-state index in [0.717, 1.165) is 19.4 Å². The first kappa shape index (κ1) is 12.4. The zero-order valence-corrected chi connectivity index (χ0v) is 10.9. The smallest absolute Gasteiger partial charge is 0.255 e. The van der Waals surface area contributed by atoms with Gasteiger partial charge >= 0.3 is 0 Å². The summed E-state index contributed by atoms with van der Waals surface area (Å²) in [6, 6.07) is 3.84. The molecule has 1 fully saturated rings. The summed E-state index contributed by atoms with van der Waals surface area (Å²) >= 11 is 5.72. The molecule has 0 radical (unpaired) electrons. The Hall–Kier alpha value is -1.09. The van der Waals surface area contributed by atoms with E-state index >= 15 is 0 Å². The minimum absolute atomic E-state index is 0.0744. The second-order valence-electron chi connectivity index (χ2n) is 4.95. The summed E-state index contributed by atoms with van der Waals surface area (Å²) in [5.74, 6) is 0.560. The van der Waals surface area contributed by atoms with Crippen molar-refractivity contribution in [2.45, 2.75) is 32.7 Å². The average Bonchev–Trinajstić information content (AvgIpc) is 3.09. The molecule has 1 aliphatic carbocycles. The van der Waals surface area contributed by atoms with Gasteiger partial charge in [-0.3, -0.25) is 4.79 Å². The van der Waals surface area contributed by atoms with Crippen LogP contribution >= 0.6 is 11.6 Å². The van der Waals surface area contributed by atoms with Crippen LogP contribution in [0.5, 0.6) is 0 Å². The number of nitrogens with zero attached hydrogens (tertiary/aromatic N) is 2. The van der Waals surface area contributed by atoms with Gasteiger partial charge in [0.25, 0.3) is 5.91 Å². The van der Waals surface area contributed by atoms with Gasteiger partial charge in [-0.1, -0.05) is 25.4 Å². The molecule has 0 bridgehead atoms. The highest BCUT2D eigenvalue weighted by Gasteiger charge is 2.33. The second-order valence-corrected chi connectivity index (χ2v) is 5.34. The Labute approximate surface area is 107 Å². The maximum absolute atomic E-state index is 12.3. The van der Waals surface area contributed by atoms with Gasteiger partial charge in [0.1, 0.15) is 5.15 Å². The molecule has 92 valence electrons. The van der Waals surface area contributed by atoms with E-state index in [1.54, 1.807) is 18.3 Å². The summed E-state index contributed by atoms with van der Waals surface area (Å²) in [7, 11) is 0. The van der Waals surface area contributed by atoms with E-state index in [1.165, 1.54) is 0 Å². The van der Waals surface area contributed by atoms with Crippen molar-refractivity contribution in [3.05, 3.63) is 29.0 Å². The van der Waals surface area contributed by atoms with Crippen LogP contribution in [0.4, 0.5) is 0 Å². The standard InChI is InChI=1S/C13H17ClN2O/c1-9(2)8-16(11-4-5-11)13(17)10-3-6-12(14)15-7-10/h3,6-7,9,11H,4-5,8H2,1-2H3. The molecule has 1 saturated carbocycles. The molecule has 1 amide bonds. The van der Waals surface area contributed by atoms with E-state index in [4.69, 9.17) is 11.6 Å². The SMILES string of the molecule is CC(C)CN(C(=O)c1ccc(Cl)nc1)C1CC1. The Balaban J connectivity index is 2.12. The van der Waals surface area contributed by atoms with Crippen molar-refractivity contribution >= 4 is 17.5 Å². The topological polar surface area (TPSA) is 33.2 Å². The molecule has 2 rings (SSSR count). The maximum Gasteiger partial charge on any atom is 0.255 e. The lowest BCUT2D eigenvalue weighted by atomic mass is 10.1. The zero-order chi connectivity index (χ0) is 12.4. The maximum atomic E-state index is 12.3. The number of halogens is 1. The van der Waals surface area contributed by atoms with Crippen LogP contribution in [0.25, 0.3) is 0 Å². The third-order valence-corrected chi connectivity index (χ3v) is 3.01. The van der Waals surface area contributed by atoms with Gasteiger partial charge in [0.2, 0.25) is 0 Å². The molecule has 0 atom stereocenters. The fraction of sp³-hybridized carbons (Fsp3) is 0.538. The number of hydrogen-bond donors (Lipinski definition) is 0. The molecule has 17 heavy (non-hydrogen) atoms. The van der Waals surface area contributed by atoms with Crippen molar-refractivity contribution in [3.63, 3.8) is 0 Å². The van der Waals surface area contributed by atoms with Crippen molar-refractivity contribution < 1.29 is 4.79 Å². The predicted molar refractivity (Wildman–Crippen MR) is 68.1 cm³/mol. The van der Waals surface area contributed by atoms with E-state index in [-0.39, 0.29) is 5.91 Å². The summed E-state index contributed by atoms with van der Waals surface area (Å²) < 4.78 is 0. The first-order valence-electron chi connectivity index (χ1n) is 6.00. The van der Waals surface area contributed by atoms with Gasteiger partial charge in [0.05, 0.1) is 5.56 Å². The third-order valence-electron chi connectivity index (χ3n) is 2.78. The van der Waals surface area contributed by atoms with E-state index in [1.807, 2.05) is 4.90 Å². The fourth-order valence-corrected chi connectivity index (χ4v) is 1.96. The van der Waals surface area contributed by atoms with Crippen molar-refractivity contribution in [3.8, 4) is 0 Å². The van der Waals surface area contributed by atoms with E-state index < -0.39 is 0 Å². The molecule has 0 aromatic carbocycles. The van der Waals surface area contributed by atoms with Crippen molar-refractivity contribution in [1.82, 2.24) is 9.88 Å². The van der Waals surface area contributed by atoms with Gasteiger partial charge < -0.3 is 4.90 Å². The number of rotatable bonds is 4. The Morgan fingerprint density at radius 1 is 1.53 bits per heavy atom. The molecule has 1 aromatic heterocycles. The molecule has 4 heteroatoms. The monoisotopic (exact) mass is 252 g/mol. The average molecular weight is 253 g/mol. The highest BCUT2D eigenvalue weighted by atomic mass is 35.5. The third kappa shape index (κ3) is 3.19. The molecule has 1 aliphatic rings. The minimum Gasteiger partial charge on any atom is -0.335 e. The first-order chi connectivity index (χ1) is 8.08. The number of carbonyl (C=O) groups is 1. The molecule has 1 heterocycles. The largest absolute Gasteiger partial charge is 0.335 e. The van der Waals surface area contributed by atoms with Crippen LogP contribution in [0.2, 0.25) is 5.15 Å². The molecular formula is C13H17ClN2O. The number of aromatic nitrogens is 1. The van der Waals surface area contributed by atoms with Gasteiger partial charge in [-0.2, -0.15) is 0 Å². The van der Waals surface area contributed by atoms with Crippen LogP contribution in [0.15, 0.2) is 18.3 Å². The molecule has 3 nitrogen and oxygen atoms in total. The van der Waals surface area contributed by atoms with Crippen LogP contribution in [-0.4, -0.2) is 28.4 Å². The molecule has 0 aliphatic heterocycles. The first-order valence-corrected chi connectivity index (χ1v) is 6.38. The van der Waals surface area contributed by atoms with Crippen LogP contribution in [-0.2, 0) is 0 Å². The molecule has 0 saturated heterocycles.